The normalized spacial score (nSPS) is 18.4. The fraction of sp³-hybridized carbons (Fsp3) is 0.727. The molecule has 1 atom stereocenters. The minimum absolute atomic E-state index is 0.179. The van der Waals surface area contributed by atoms with E-state index in [1.807, 2.05) is 14.0 Å². The lowest BCUT2D eigenvalue weighted by molar-refractivity contribution is -0.148. The smallest absolute Gasteiger partial charge is 0.327 e. The number of hydrogen-bond donors (Lipinski definition) is 1. The van der Waals surface area contributed by atoms with Crippen molar-refractivity contribution in [2.45, 2.75) is 29.6 Å². The number of ether oxygens (including phenoxy) is 1. The zero-order chi connectivity index (χ0) is 13.2. The summed E-state index contributed by atoms with van der Waals surface area (Å²) in [5.41, 5.74) is -0.584. The van der Waals surface area contributed by atoms with Gasteiger partial charge in [0.1, 0.15) is 10.5 Å². The van der Waals surface area contributed by atoms with E-state index in [9.17, 15) is 4.79 Å². The Morgan fingerprint density at radius 3 is 2.78 bits per heavy atom. The topological polar surface area (TPSA) is 64.1 Å². The molecule has 0 saturated heterocycles. The van der Waals surface area contributed by atoms with Crippen molar-refractivity contribution in [1.29, 1.82) is 0 Å². The quantitative estimate of drug-likeness (QED) is 0.631. The molecule has 0 aromatic carbocycles. The highest BCUT2D eigenvalue weighted by atomic mass is 32.2. The molecule has 5 nitrogen and oxygen atoms in total. The molecular weight excluding hydrogens is 270 g/mol. The summed E-state index contributed by atoms with van der Waals surface area (Å²) in [7, 11) is 3.26. The zero-order valence-corrected chi connectivity index (χ0v) is 12.4. The Morgan fingerprint density at radius 1 is 1.61 bits per heavy atom. The average molecular weight is 287 g/mol. The van der Waals surface area contributed by atoms with Gasteiger partial charge in [0.25, 0.3) is 0 Å². The van der Waals surface area contributed by atoms with E-state index in [1.54, 1.807) is 23.1 Å². The lowest BCUT2D eigenvalue weighted by atomic mass is 9.96. The fourth-order valence-corrected chi connectivity index (χ4v) is 4.13. The molecule has 0 radical (unpaired) electrons. The summed E-state index contributed by atoms with van der Waals surface area (Å²) in [6, 6.07) is 0. The number of esters is 1. The van der Waals surface area contributed by atoms with E-state index < -0.39 is 5.54 Å². The lowest BCUT2D eigenvalue weighted by Gasteiger charge is -2.29. The van der Waals surface area contributed by atoms with Crippen LogP contribution in [-0.2, 0) is 9.53 Å². The number of rotatable bonds is 6. The average Bonchev–Trinajstić information content (AvgIpc) is 3.14. The minimum atomic E-state index is -0.584. The molecule has 7 heteroatoms. The third-order valence-electron chi connectivity index (χ3n) is 3.20. The third-order valence-corrected chi connectivity index (χ3v) is 5.37. The number of nitrogens with one attached hydrogen (secondary N) is 1. The first kappa shape index (κ1) is 13.8. The van der Waals surface area contributed by atoms with Crippen LogP contribution in [0.5, 0.6) is 0 Å². The van der Waals surface area contributed by atoms with E-state index in [-0.39, 0.29) is 5.97 Å². The van der Waals surface area contributed by atoms with Gasteiger partial charge in [0.2, 0.25) is 0 Å². The molecule has 1 fully saturated rings. The SMILES string of the molecule is CNC(CSc1nnc(C)s1)(C(=O)OC)C1CC1. The van der Waals surface area contributed by atoms with Gasteiger partial charge in [-0.2, -0.15) is 0 Å². The molecule has 1 aromatic heterocycles. The molecule has 1 N–H and O–H groups in total. The maximum Gasteiger partial charge on any atom is 0.327 e. The van der Waals surface area contributed by atoms with Crippen LogP contribution in [0.25, 0.3) is 0 Å². The highest BCUT2D eigenvalue weighted by Gasteiger charge is 2.51. The number of aromatic nitrogens is 2. The maximum atomic E-state index is 12.0. The number of hydrogen-bond acceptors (Lipinski definition) is 7. The first-order chi connectivity index (χ1) is 8.62. The Bertz CT molecular complexity index is 434. The predicted octanol–water partition coefficient (Wildman–Crippen LogP) is 1.48. The molecule has 0 amide bonds. The van der Waals surface area contributed by atoms with Crippen molar-refractivity contribution in [1.82, 2.24) is 15.5 Å². The summed E-state index contributed by atoms with van der Waals surface area (Å²) >= 11 is 3.12. The van der Waals surface area contributed by atoms with Crippen LogP contribution < -0.4 is 5.32 Å². The Hall–Kier alpha value is -0.660. The Balaban J connectivity index is 2.07. The second-order valence-electron chi connectivity index (χ2n) is 4.36. The second kappa shape index (κ2) is 5.54. The van der Waals surface area contributed by atoms with Crippen LogP contribution in [0.15, 0.2) is 4.34 Å². The van der Waals surface area contributed by atoms with Gasteiger partial charge in [-0.3, -0.25) is 4.79 Å². The maximum absolute atomic E-state index is 12.0. The molecule has 0 bridgehead atoms. The van der Waals surface area contributed by atoms with Crippen LogP contribution in [0.3, 0.4) is 0 Å². The summed E-state index contributed by atoms with van der Waals surface area (Å²) in [6.07, 6.45) is 2.15. The van der Waals surface area contributed by atoms with Gasteiger partial charge >= 0.3 is 5.97 Å². The summed E-state index contributed by atoms with van der Waals surface area (Å²) in [5, 5.41) is 12.2. The van der Waals surface area contributed by atoms with E-state index in [0.29, 0.717) is 11.7 Å². The van der Waals surface area contributed by atoms with Crippen LogP contribution in [0.1, 0.15) is 17.8 Å². The van der Waals surface area contributed by atoms with E-state index in [4.69, 9.17) is 4.74 Å². The monoisotopic (exact) mass is 287 g/mol. The number of likely N-dealkylation sites (N-methyl/N-ethyl adjacent to an activating group) is 1. The van der Waals surface area contributed by atoms with Crippen molar-refractivity contribution in [2.75, 3.05) is 19.9 Å². The van der Waals surface area contributed by atoms with E-state index >= 15 is 0 Å². The highest BCUT2D eigenvalue weighted by molar-refractivity contribution is 8.01. The molecule has 0 aliphatic heterocycles. The molecule has 1 unspecified atom stereocenters. The van der Waals surface area contributed by atoms with Crippen LogP contribution >= 0.6 is 23.1 Å². The van der Waals surface area contributed by atoms with Crippen LogP contribution in [0.4, 0.5) is 0 Å². The third kappa shape index (κ3) is 2.67. The van der Waals surface area contributed by atoms with E-state index in [0.717, 1.165) is 22.2 Å². The van der Waals surface area contributed by atoms with Gasteiger partial charge in [0, 0.05) is 5.75 Å². The van der Waals surface area contributed by atoms with Crippen molar-refractivity contribution in [2.24, 2.45) is 5.92 Å². The number of aryl methyl sites for hydroxylation is 1. The Labute approximate surface area is 115 Å². The summed E-state index contributed by atoms with van der Waals surface area (Å²) in [4.78, 5) is 12.0. The zero-order valence-electron chi connectivity index (χ0n) is 10.7. The number of thioether (sulfide) groups is 1. The number of carbonyl (C=O) groups excluding carboxylic acids is 1. The fourth-order valence-electron chi connectivity index (χ4n) is 1.99. The lowest BCUT2D eigenvalue weighted by Crippen LogP contribution is -2.55. The molecule has 100 valence electrons. The molecule has 2 rings (SSSR count). The van der Waals surface area contributed by atoms with E-state index in [2.05, 4.69) is 15.5 Å². The van der Waals surface area contributed by atoms with Gasteiger partial charge in [-0.1, -0.05) is 23.1 Å². The summed E-state index contributed by atoms with van der Waals surface area (Å²) in [6.45, 7) is 1.92. The van der Waals surface area contributed by atoms with Crippen LogP contribution in [-0.4, -0.2) is 41.6 Å². The van der Waals surface area contributed by atoms with Gasteiger partial charge in [-0.05, 0) is 32.7 Å². The van der Waals surface area contributed by atoms with Gasteiger partial charge in [0.15, 0.2) is 4.34 Å². The first-order valence-corrected chi connectivity index (χ1v) is 7.63. The summed E-state index contributed by atoms with van der Waals surface area (Å²) < 4.78 is 5.85. The minimum Gasteiger partial charge on any atom is -0.468 e. The number of methoxy groups -OCH3 is 1. The van der Waals surface area contributed by atoms with E-state index in [1.165, 1.54) is 7.11 Å². The van der Waals surface area contributed by atoms with Gasteiger partial charge in [-0.15, -0.1) is 10.2 Å². The molecular formula is C11H17N3O2S2. The second-order valence-corrected chi connectivity index (χ2v) is 6.77. The highest BCUT2D eigenvalue weighted by Crippen LogP contribution is 2.43. The molecule has 0 spiro atoms. The summed E-state index contributed by atoms with van der Waals surface area (Å²) in [5.74, 6) is 0.827. The Kier molecular flexibility index (Phi) is 4.24. The van der Waals surface area contributed by atoms with Crippen molar-refractivity contribution in [3.05, 3.63) is 5.01 Å². The van der Waals surface area contributed by atoms with Gasteiger partial charge in [0.05, 0.1) is 7.11 Å². The molecule has 18 heavy (non-hydrogen) atoms. The molecule has 1 heterocycles. The van der Waals surface area contributed by atoms with Crippen molar-refractivity contribution in [3.8, 4) is 0 Å². The van der Waals surface area contributed by atoms with Crippen LogP contribution in [0.2, 0.25) is 0 Å². The van der Waals surface area contributed by atoms with Crippen molar-refractivity contribution >= 4 is 29.1 Å². The van der Waals surface area contributed by atoms with Crippen LogP contribution in [0, 0.1) is 12.8 Å². The number of nitrogens with zero attached hydrogens (tertiary/aromatic N) is 2. The number of carbonyl (C=O) groups is 1. The largest absolute Gasteiger partial charge is 0.468 e. The van der Waals surface area contributed by atoms with Gasteiger partial charge < -0.3 is 10.1 Å². The van der Waals surface area contributed by atoms with Crippen molar-refractivity contribution in [3.63, 3.8) is 0 Å². The van der Waals surface area contributed by atoms with Crippen molar-refractivity contribution < 1.29 is 9.53 Å². The Morgan fingerprint density at radius 2 is 2.33 bits per heavy atom. The first-order valence-electron chi connectivity index (χ1n) is 5.82. The predicted molar refractivity (Wildman–Crippen MR) is 71.9 cm³/mol. The molecule has 1 saturated carbocycles. The van der Waals surface area contributed by atoms with Gasteiger partial charge in [-0.25, -0.2) is 0 Å². The molecule has 1 aromatic rings. The molecule has 1 aliphatic rings. The standard InChI is InChI=1S/C11H17N3O2S2/c1-7-13-14-10(18-7)17-6-11(12-2,8-4-5-8)9(15)16-3/h8,12H,4-6H2,1-3H3. The molecule has 1 aliphatic carbocycles.